The average Bonchev–Trinajstić information content (AvgIpc) is 3.21. The second-order valence-corrected chi connectivity index (χ2v) is 4.18. The van der Waals surface area contributed by atoms with Crippen molar-refractivity contribution >= 4 is 11.8 Å². The third-order valence-electron chi connectivity index (χ3n) is 2.67. The predicted molar refractivity (Wildman–Crippen MR) is 65.9 cm³/mol. The molecule has 0 unspecified atom stereocenters. The van der Waals surface area contributed by atoms with Crippen LogP contribution in [0.3, 0.4) is 0 Å². The lowest BCUT2D eigenvalue weighted by molar-refractivity contribution is -0.123. The molecule has 0 atom stereocenters. The van der Waals surface area contributed by atoms with E-state index in [4.69, 9.17) is 4.74 Å². The molecule has 96 valence electrons. The summed E-state index contributed by atoms with van der Waals surface area (Å²) in [7, 11) is 0. The summed E-state index contributed by atoms with van der Waals surface area (Å²) in [6.07, 6.45) is 1.81. The van der Waals surface area contributed by atoms with Crippen molar-refractivity contribution in [3.63, 3.8) is 0 Å². The molecule has 0 radical (unpaired) electrons. The summed E-state index contributed by atoms with van der Waals surface area (Å²) in [5.41, 5.74) is 5.29. The van der Waals surface area contributed by atoms with Crippen molar-refractivity contribution in [2.75, 3.05) is 6.61 Å². The molecule has 0 spiro atoms. The standard InChI is InChI=1S/C13H16N2O3/c1-2-18-11-7-5-10(6-8-11)13(17)15-14-12(16)9-3-4-9/h5-9H,2-4H2,1H3,(H,14,16)(H,15,17). The highest BCUT2D eigenvalue weighted by Crippen LogP contribution is 2.28. The van der Waals surface area contributed by atoms with Crippen LogP contribution in [-0.2, 0) is 4.79 Å². The molecule has 18 heavy (non-hydrogen) atoms. The molecular weight excluding hydrogens is 232 g/mol. The van der Waals surface area contributed by atoms with Crippen molar-refractivity contribution in [2.24, 2.45) is 5.92 Å². The van der Waals surface area contributed by atoms with Gasteiger partial charge in [0.15, 0.2) is 0 Å². The molecule has 1 aliphatic carbocycles. The van der Waals surface area contributed by atoms with Crippen molar-refractivity contribution < 1.29 is 14.3 Å². The topological polar surface area (TPSA) is 67.4 Å². The molecule has 1 saturated carbocycles. The second kappa shape index (κ2) is 5.53. The van der Waals surface area contributed by atoms with Crippen LogP contribution in [0.15, 0.2) is 24.3 Å². The third kappa shape index (κ3) is 3.23. The number of carbonyl (C=O) groups is 2. The van der Waals surface area contributed by atoms with Crippen LogP contribution in [0.4, 0.5) is 0 Å². The highest BCUT2D eigenvalue weighted by Gasteiger charge is 2.29. The van der Waals surface area contributed by atoms with Crippen molar-refractivity contribution in [1.29, 1.82) is 0 Å². The second-order valence-electron chi connectivity index (χ2n) is 4.18. The average molecular weight is 248 g/mol. The van der Waals surface area contributed by atoms with Crippen LogP contribution in [-0.4, -0.2) is 18.4 Å². The quantitative estimate of drug-likeness (QED) is 0.788. The number of carbonyl (C=O) groups excluding carboxylic acids is 2. The fourth-order valence-corrected chi connectivity index (χ4v) is 1.51. The van der Waals surface area contributed by atoms with Crippen molar-refractivity contribution in [2.45, 2.75) is 19.8 Å². The van der Waals surface area contributed by atoms with Gasteiger partial charge >= 0.3 is 0 Å². The molecule has 2 rings (SSSR count). The minimum absolute atomic E-state index is 0.0747. The van der Waals surface area contributed by atoms with Crippen LogP contribution >= 0.6 is 0 Å². The lowest BCUT2D eigenvalue weighted by Crippen LogP contribution is -2.42. The van der Waals surface area contributed by atoms with Crippen molar-refractivity contribution in [3.05, 3.63) is 29.8 Å². The first-order chi connectivity index (χ1) is 8.70. The van der Waals surface area contributed by atoms with Crippen LogP contribution in [0.25, 0.3) is 0 Å². The molecule has 1 aliphatic rings. The zero-order chi connectivity index (χ0) is 13.0. The van der Waals surface area contributed by atoms with Gasteiger partial charge in [0, 0.05) is 11.5 Å². The van der Waals surface area contributed by atoms with Crippen molar-refractivity contribution in [3.8, 4) is 5.75 Å². The third-order valence-corrected chi connectivity index (χ3v) is 2.67. The largest absolute Gasteiger partial charge is 0.494 e. The summed E-state index contributed by atoms with van der Waals surface area (Å²) in [4.78, 5) is 23.0. The Bertz CT molecular complexity index is 438. The highest BCUT2D eigenvalue weighted by atomic mass is 16.5. The van der Waals surface area contributed by atoms with Gasteiger partial charge in [0.05, 0.1) is 6.61 Å². The van der Waals surface area contributed by atoms with Gasteiger partial charge in [-0.15, -0.1) is 0 Å². The molecule has 1 aromatic carbocycles. The SMILES string of the molecule is CCOc1ccc(C(=O)NNC(=O)C2CC2)cc1. The van der Waals surface area contributed by atoms with Gasteiger partial charge in [0.2, 0.25) is 5.91 Å². The summed E-state index contributed by atoms with van der Waals surface area (Å²) >= 11 is 0. The van der Waals surface area contributed by atoms with E-state index in [1.165, 1.54) is 0 Å². The number of nitrogens with one attached hydrogen (secondary N) is 2. The maximum atomic E-state index is 11.7. The van der Waals surface area contributed by atoms with E-state index in [2.05, 4.69) is 10.9 Å². The molecule has 0 heterocycles. The minimum atomic E-state index is -0.327. The lowest BCUT2D eigenvalue weighted by atomic mass is 10.2. The van der Waals surface area contributed by atoms with E-state index in [9.17, 15) is 9.59 Å². The van der Waals surface area contributed by atoms with E-state index in [-0.39, 0.29) is 17.7 Å². The summed E-state index contributed by atoms with van der Waals surface area (Å²) in [5, 5.41) is 0. The Morgan fingerprint density at radius 1 is 1.22 bits per heavy atom. The van der Waals surface area contributed by atoms with Gasteiger partial charge in [0.1, 0.15) is 5.75 Å². The number of benzene rings is 1. The predicted octanol–water partition coefficient (Wildman–Crippen LogP) is 1.26. The molecule has 5 heteroatoms. The van der Waals surface area contributed by atoms with E-state index in [1.54, 1.807) is 24.3 Å². The molecule has 0 saturated heterocycles. The first-order valence-electron chi connectivity index (χ1n) is 6.03. The molecule has 5 nitrogen and oxygen atoms in total. The Labute approximate surface area is 105 Å². The molecule has 0 aromatic heterocycles. The fourth-order valence-electron chi connectivity index (χ4n) is 1.51. The maximum absolute atomic E-state index is 11.7. The summed E-state index contributed by atoms with van der Waals surface area (Å²) in [6.45, 7) is 2.48. The van der Waals surface area contributed by atoms with E-state index in [0.29, 0.717) is 12.2 Å². The van der Waals surface area contributed by atoms with Crippen LogP contribution in [0.1, 0.15) is 30.1 Å². The zero-order valence-electron chi connectivity index (χ0n) is 10.2. The van der Waals surface area contributed by atoms with Crippen LogP contribution < -0.4 is 15.6 Å². The highest BCUT2D eigenvalue weighted by molar-refractivity contribution is 5.95. The monoisotopic (exact) mass is 248 g/mol. The number of hydrogen-bond donors (Lipinski definition) is 2. The Kier molecular flexibility index (Phi) is 3.82. The molecule has 1 aromatic rings. The fraction of sp³-hybridized carbons (Fsp3) is 0.385. The van der Waals surface area contributed by atoms with Gasteiger partial charge in [-0.3, -0.25) is 20.4 Å². The minimum Gasteiger partial charge on any atom is -0.494 e. The normalized spacial score (nSPS) is 13.8. The summed E-state index contributed by atoms with van der Waals surface area (Å²) < 4.78 is 5.28. The number of hydrazine groups is 1. The molecular formula is C13H16N2O3. The van der Waals surface area contributed by atoms with E-state index in [1.807, 2.05) is 6.92 Å². The molecule has 2 N–H and O–H groups in total. The summed E-state index contributed by atoms with van der Waals surface area (Å²) in [6, 6.07) is 6.76. The number of hydrogen-bond acceptors (Lipinski definition) is 3. The van der Waals surface area contributed by atoms with E-state index < -0.39 is 0 Å². The molecule has 1 fully saturated rings. The zero-order valence-corrected chi connectivity index (χ0v) is 10.2. The van der Waals surface area contributed by atoms with Gasteiger partial charge in [-0.25, -0.2) is 0 Å². The van der Waals surface area contributed by atoms with Crippen LogP contribution in [0.2, 0.25) is 0 Å². The van der Waals surface area contributed by atoms with Gasteiger partial charge in [0.25, 0.3) is 5.91 Å². The van der Waals surface area contributed by atoms with E-state index in [0.717, 1.165) is 18.6 Å². The van der Waals surface area contributed by atoms with E-state index >= 15 is 0 Å². The van der Waals surface area contributed by atoms with Gasteiger partial charge in [-0.05, 0) is 44.0 Å². The molecule has 0 aliphatic heterocycles. The number of amides is 2. The molecule has 0 bridgehead atoms. The van der Waals surface area contributed by atoms with Gasteiger partial charge in [-0.2, -0.15) is 0 Å². The first-order valence-corrected chi connectivity index (χ1v) is 6.03. The van der Waals surface area contributed by atoms with Gasteiger partial charge < -0.3 is 4.74 Å². The smallest absolute Gasteiger partial charge is 0.269 e. The first kappa shape index (κ1) is 12.4. The van der Waals surface area contributed by atoms with Crippen molar-refractivity contribution in [1.82, 2.24) is 10.9 Å². The Hall–Kier alpha value is -2.04. The van der Waals surface area contributed by atoms with Gasteiger partial charge in [-0.1, -0.05) is 0 Å². The Morgan fingerprint density at radius 2 is 1.89 bits per heavy atom. The number of ether oxygens (including phenoxy) is 1. The summed E-state index contributed by atoms with van der Waals surface area (Å²) in [5.74, 6) is 0.350. The lowest BCUT2D eigenvalue weighted by Gasteiger charge is -2.07. The number of rotatable bonds is 4. The maximum Gasteiger partial charge on any atom is 0.269 e. The Morgan fingerprint density at radius 3 is 2.44 bits per heavy atom. The Balaban J connectivity index is 1.85. The van der Waals surface area contributed by atoms with Crippen LogP contribution in [0.5, 0.6) is 5.75 Å². The molecule has 2 amide bonds. The van der Waals surface area contributed by atoms with Crippen LogP contribution in [0, 0.1) is 5.92 Å².